The Labute approximate surface area is 319 Å². The van der Waals surface area contributed by atoms with Crippen LogP contribution in [0.4, 0.5) is 4.79 Å². The van der Waals surface area contributed by atoms with E-state index in [-0.39, 0.29) is 37.0 Å². The topological polar surface area (TPSA) is 89.3 Å². The molecule has 5 aromatic rings. The summed E-state index contributed by atoms with van der Waals surface area (Å²) in [4.78, 5) is 46.0. The first-order chi connectivity index (χ1) is 24.2. The number of urea groups is 1. The van der Waals surface area contributed by atoms with Gasteiger partial charge in [-0.05, 0) is 70.6 Å². The van der Waals surface area contributed by atoms with E-state index in [0.717, 1.165) is 47.3 Å². The summed E-state index contributed by atoms with van der Waals surface area (Å²) in [5.41, 5.74) is 6.34. The average molecular weight is 896 g/mol. The average Bonchev–Trinajstić information content (AvgIpc) is 3.72. The number of fused-ring (bicyclic) bond motifs is 3. The molecule has 1 aromatic heterocycles. The van der Waals surface area contributed by atoms with E-state index in [1.54, 1.807) is 16.2 Å². The number of carbonyl (C=O) groups excluding carboxylic acids is 3. The standard InChI is InChI=1S/C39H39I2N5O4/c1-25(2)46(39(49)42-21-27-10-12-30(19-40)32(17-27)20-41)44-24-37(47)45-34(18-26-11-13-35-29(16-26)14-15-50-35)38(48)43(23-36(44)45)22-31-8-5-7-28-6-3-4-9-33(28)31/h3-17,25,34,36H,18-24H2,1-2H3,(H,42,49)/t34-,36+/m0/s1. The Balaban J connectivity index is 1.19. The zero-order valence-electron chi connectivity index (χ0n) is 28.0. The van der Waals surface area contributed by atoms with E-state index in [9.17, 15) is 14.4 Å². The van der Waals surface area contributed by atoms with Crippen molar-refractivity contribution in [3.05, 3.63) is 119 Å². The van der Waals surface area contributed by atoms with Gasteiger partial charge in [0, 0.05) is 39.8 Å². The Bertz CT molecular complexity index is 2060. The van der Waals surface area contributed by atoms with E-state index in [1.165, 1.54) is 11.1 Å². The summed E-state index contributed by atoms with van der Waals surface area (Å²) >= 11 is 4.75. The molecular formula is C39H39I2N5O4. The SMILES string of the molecule is CC(C)N(C(=O)NCc1ccc(CI)c(CI)c1)N1CC(=O)N2[C@@H](Cc3ccc4occc4c3)C(=O)N(Cc3cccc4ccccc34)C[C@@H]21. The molecule has 2 aliphatic rings. The van der Waals surface area contributed by atoms with Gasteiger partial charge in [-0.1, -0.05) is 112 Å². The van der Waals surface area contributed by atoms with Crippen molar-refractivity contribution in [1.82, 2.24) is 25.1 Å². The monoisotopic (exact) mass is 895 g/mol. The molecule has 0 bridgehead atoms. The number of nitrogens with one attached hydrogen (secondary N) is 1. The maximum Gasteiger partial charge on any atom is 0.332 e. The lowest BCUT2D eigenvalue weighted by Crippen LogP contribution is -2.66. The molecule has 2 atom stereocenters. The zero-order valence-corrected chi connectivity index (χ0v) is 32.3. The predicted molar refractivity (Wildman–Crippen MR) is 212 cm³/mol. The van der Waals surface area contributed by atoms with Gasteiger partial charge in [-0.15, -0.1) is 0 Å². The highest BCUT2D eigenvalue weighted by Crippen LogP contribution is 2.32. The largest absolute Gasteiger partial charge is 0.464 e. The lowest BCUT2D eigenvalue weighted by atomic mass is 9.98. The molecule has 11 heteroatoms. The molecule has 0 aliphatic carbocycles. The van der Waals surface area contributed by atoms with Crippen molar-refractivity contribution in [3.63, 3.8) is 0 Å². The third-order valence-electron chi connectivity index (χ3n) is 9.73. The Morgan fingerprint density at radius 1 is 0.900 bits per heavy atom. The quantitative estimate of drug-likeness (QED) is 0.117. The maximum absolute atomic E-state index is 14.5. The predicted octanol–water partition coefficient (Wildman–Crippen LogP) is 7.42. The molecule has 3 heterocycles. The first kappa shape index (κ1) is 34.7. The number of rotatable bonds is 10. The normalized spacial score (nSPS) is 18.0. The zero-order chi connectivity index (χ0) is 34.9. The van der Waals surface area contributed by atoms with Crippen LogP contribution in [0.2, 0.25) is 0 Å². The summed E-state index contributed by atoms with van der Waals surface area (Å²) in [5, 5.41) is 9.80. The molecule has 0 saturated carbocycles. The highest BCUT2D eigenvalue weighted by atomic mass is 127. The van der Waals surface area contributed by atoms with E-state index in [1.807, 2.05) is 66.2 Å². The van der Waals surface area contributed by atoms with Crippen LogP contribution in [0.15, 0.2) is 95.6 Å². The van der Waals surface area contributed by atoms with Crippen molar-refractivity contribution in [2.75, 3.05) is 13.1 Å². The molecule has 2 fully saturated rings. The second-order valence-corrected chi connectivity index (χ2v) is 14.7. The number of carbonyl (C=O) groups is 3. The molecular weight excluding hydrogens is 856 g/mol. The fourth-order valence-electron chi connectivity index (χ4n) is 7.32. The highest BCUT2D eigenvalue weighted by Gasteiger charge is 2.52. The number of amides is 4. The second kappa shape index (κ2) is 14.9. The maximum atomic E-state index is 14.5. The molecule has 258 valence electrons. The first-order valence-electron chi connectivity index (χ1n) is 16.8. The van der Waals surface area contributed by atoms with Gasteiger partial charge in [0.1, 0.15) is 17.8 Å². The van der Waals surface area contributed by atoms with E-state index >= 15 is 0 Å². The number of hydrogen-bond donors (Lipinski definition) is 1. The number of hydrogen-bond acceptors (Lipinski definition) is 5. The van der Waals surface area contributed by atoms with Crippen molar-refractivity contribution in [1.29, 1.82) is 0 Å². The summed E-state index contributed by atoms with van der Waals surface area (Å²) < 4.78 is 7.39. The van der Waals surface area contributed by atoms with Crippen LogP contribution in [-0.4, -0.2) is 69.0 Å². The highest BCUT2D eigenvalue weighted by molar-refractivity contribution is 14.1. The molecule has 50 heavy (non-hydrogen) atoms. The number of benzene rings is 4. The molecule has 0 unspecified atom stereocenters. The van der Waals surface area contributed by atoms with Gasteiger partial charge in [-0.25, -0.2) is 4.79 Å². The molecule has 0 radical (unpaired) electrons. The third kappa shape index (κ3) is 6.83. The molecule has 9 nitrogen and oxygen atoms in total. The Morgan fingerprint density at radius 3 is 2.48 bits per heavy atom. The van der Waals surface area contributed by atoms with Gasteiger partial charge < -0.3 is 19.5 Å². The molecule has 4 aromatic carbocycles. The van der Waals surface area contributed by atoms with Gasteiger partial charge in [0.15, 0.2) is 0 Å². The number of furan rings is 1. The summed E-state index contributed by atoms with van der Waals surface area (Å²) in [6.07, 6.45) is 1.49. The Hall–Kier alpha value is -3.69. The molecule has 7 rings (SSSR count). The number of hydrazine groups is 1. The molecule has 4 amide bonds. The van der Waals surface area contributed by atoms with Crippen molar-refractivity contribution in [2.24, 2.45) is 0 Å². The number of alkyl halides is 2. The summed E-state index contributed by atoms with van der Waals surface area (Å²) in [6.45, 7) is 4.95. The Morgan fingerprint density at radius 2 is 1.68 bits per heavy atom. The van der Waals surface area contributed by atoms with Gasteiger partial charge >= 0.3 is 6.03 Å². The van der Waals surface area contributed by atoms with E-state index in [4.69, 9.17) is 4.42 Å². The lowest BCUT2D eigenvalue weighted by molar-refractivity contribution is -0.158. The van der Waals surface area contributed by atoms with Crippen molar-refractivity contribution in [2.45, 2.75) is 60.5 Å². The summed E-state index contributed by atoms with van der Waals surface area (Å²) in [6, 6.07) is 27.2. The summed E-state index contributed by atoms with van der Waals surface area (Å²) in [7, 11) is 0. The van der Waals surface area contributed by atoms with Crippen LogP contribution in [-0.2, 0) is 38.0 Å². The van der Waals surface area contributed by atoms with Crippen LogP contribution in [0.25, 0.3) is 21.7 Å². The van der Waals surface area contributed by atoms with Gasteiger partial charge in [-0.2, -0.15) is 5.01 Å². The molecule has 1 N–H and O–H groups in total. The fraction of sp³-hybridized carbons (Fsp3) is 0.308. The lowest BCUT2D eigenvalue weighted by Gasteiger charge is -2.47. The van der Waals surface area contributed by atoms with Crippen LogP contribution in [0, 0.1) is 0 Å². The van der Waals surface area contributed by atoms with E-state index < -0.39 is 12.2 Å². The minimum absolute atomic E-state index is 0.00621. The van der Waals surface area contributed by atoms with Crippen LogP contribution in [0.3, 0.4) is 0 Å². The number of halogens is 2. The van der Waals surface area contributed by atoms with Crippen LogP contribution < -0.4 is 5.32 Å². The number of piperazine rings is 1. The van der Waals surface area contributed by atoms with Gasteiger partial charge in [0.2, 0.25) is 11.8 Å². The Kier molecular flexibility index (Phi) is 10.3. The molecule has 2 aliphatic heterocycles. The van der Waals surface area contributed by atoms with Crippen molar-refractivity contribution < 1.29 is 18.8 Å². The number of nitrogens with zero attached hydrogens (tertiary/aromatic N) is 4. The smallest absolute Gasteiger partial charge is 0.332 e. The van der Waals surface area contributed by atoms with Crippen LogP contribution in [0.1, 0.15) is 41.7 Å². The van der Waals surface area contributed by atoms with Crippen LogP contribution >= 0.6 is 45.2 Å². The molecule has 2 saturated heterocycles. The summed E-state index contributed by atoms with van der Waals surface area (Å²) in [5.74, 6) is -0.264. The van der Waals surface area contributed by atoms with E-state index in [2.05, 4.69) is 93.0 Å². The first-order valence-corrected chi connectivity index (χ1v) is 19.9. The van der Waals surface area contributed by atoms with Crippen molar-refractivity contribution >= 4 is 84.8 Å². The second-order valence-electron chi connectivity index (χ2n) is 13.2. The fourth-order valence-corrected chi connectivity index (χ4v) is 8.77. The van der Waals surface area contributed by atoms with Gasteiger partial charge in [-0.3, -0.25) is 14.6 Å². The minimum atomic E-state index is -0.731. The minimum Gasteiger partial charge on any atom is -0.464 e. The van der Waals surface area contributed by atoms with Crippen LogP contribution in [0.5, 0.6) is 0 Å². The van der Waals surface area contributed by atoms with Gasteiger partial charge in [0.05, 0.1) is 19.4 Å². The van der Waals surface area contributed by atoms with E-state index in [0.29, 0.717) is 19.5 Å². The third-order valence-corrected chi connectivity index (χ3v) is 11.4. The molecule has 0 spiro atoms. The van der Waals surface area contributed by atoms with Crippen molar-refractivity contribution in [3.8, 4) is 0 Å². The van der Waals surface area contributed by atoms with Gasteiger partial charge in [0.25, 0.3) is 0 Å².